The molecule has 0 saturated carbocycles. The number of para-hydroxylation sites is 3. The Kier molecular flexibility index (Phi) is 5.25. The zero-order valence-corrected chi connectivity index (χ0v) is 16.8. The number of hydrogen-bond donors (Lipinski definition) is 2. The summed E-state index contributed by atoms with van der Waals surface area (Å²) in [5.41, 5.74) is 2.56. The monoisotopic (exact) mass is 423 g/mol. The van der Waals surface area contributed by atoms with Crippen molar-refractivity contribution < 1.29 is 5.11 Å². The summed E-state index contributed by atoms with van der Waals surface area (Å²) in [7, 11) is 0. The van der Waals surface area contributed by atoms with Crippen LogP contribution in [0.15, 0.2) is 64.7 Å². The second-order valence-corrected chi connectivity index (χ2v) is 8.55. The number of nitrogens with one attached hydrogen (secondary N) is 1. The molecule has 0 spiro atoms. The van der Waals surface area contributed by atoms with Crippen molar-refractivity contribution in [2.75, 3.05) is 5.75 Å². The molecule has 0 aliphatic heterocycles. The molecule has 0 aliphatic carbocycles. The third-order valence-electron chi connectivity index (χ3n) is 3.89. The lowest BCUT2D eigenvalue weighted by atomic mass is 10.2. The van der Waals surface area contributed by atoms with Gasteiger partial charge in [0.2, 0.25) is 0 Å². The minimum absolute atomic E-state index is 0.0565. The van der Waals surface area contributed by atoms with Crippen molar-refractivity contribution in [3.05, 3.63) is 70.1 Å². The second kappa shape index (κ2) is 7.98. The Morgan fingerprint density at radius 3 is 2.71 bits per heavy atom. The molecule has 6 nitrogen and oxygen atoms in total. The van der Waals surface area contributed by atoms with Crippen molar-refractivity contribution in [2.24, 2.45) is 0 Å². The number of aliphatic hydroxyl groups is 1. The molecule has 0 radical (unpaired) electrons. The molecule has 28 heavy (non-hydrogen) atoms. The number of imidazole rings is 1. The van der Waals surface area contributed by atoms with E-state index in [1.807, 2.05) is 60.7 Å². The molecular formula is C19H13N5OS3. The normalized spacial score (nSPS) is 12.0. The molecule has 0 bridgehead atoms. The van der Waals surface area contributed by atoms with Crippen molar-refractivity contribution in [2.45, 2.75) is 4.34 Å². The maximum atomic E-state index is 10.5. The van der Waals surface area contributed by atoms with Gasteiger partial charge in [-0.05, 0) is 36.5 Å². The van der Waals surface area contributed by atoms with Crippen molar-refractivity contribution >= 4 is 51.9 Å². The molecule has 0 aliphatic rings. The third-order valence-corrected chi connectivity index (χ3v) is 6.27. The van der Waals surface area contributed by atoms with Crippen LogP contribution >= 0.6 is 35.3 Å². The Morgan fingerprint density at radius 1 is 1.21 bits per heavy atom. The van der Waals surface area contributed by atoms with Crippen LogP contribution in [0.25, 0.3) is 22.3 Å². The molecule has 2 aromatic carbocycles. The topological polar surface area (TPSA) is 90.5 Å². The molecule has 0 unspecified atom stereocenters. The summed E-state index contributed by atoms with van der Waals surface area (Å²) in [5.74, 6) is 0.486. The van der Waals surface area contributed by atoms with E-state index < -0.39 is 0 Å². The Morgan fingerprint density at radius 2 is 1.96 bits per heavy atom. The van der Waals surface area contributed by atoms with E-state index in [1.165, 1.54) is 23.1 Å². The van der Waals surface area contributed by atoms with Crippen LogP contribution in [-0.4, -0.2) is 30.6 Å². The highest BCUT2D eigenvalue weighted by Crippen LogP contribution is 2.27. The molecule has 9 heteroatoms. The Labute approximate surface area is 173 Å². The van der Waals surface area contributed by atoms with E-state index in [2.05, 4.69) is 15.1 Å². The number of aromatic amines is 1. The van der Waals surface area contributed by atoms with E-state index in [0.717, 1.165) is 16.7 Å². The molecule has 0 fully saturated rings. The minimum Gasteiger partial charge on any atom is -0.510 e. The lowest BCUT2D eigenvalue weighted by Crippen LogP contribution is -1.97. The fourth-order valence-corrected chi connectivity index (χ4v) is 4.82. The number of aromatic nitrogens is 4. The number of rotatable bonds is 5. The van der Waals surface area contributed by atoms with E-state index in [4.69, 9.17) is 12.2 Å². The zero-order chi connectivity index (χ0) is 19.5. The van der Waals surface area contributed by atoms with Crippen LogP contribution in [-0.2, 0) is 0 Å². The lowest BCUT2D eigenvalue weighted by Gasteiger charge is -2.01. The molecule has 2 aromatic heterocycles. The van der Waals surface area contributed by atoms with Gasteiger partial charge in [0.15, 0.2) is 14.1 Å². The first-order valence-corrected chi connectivity index (χ1v) is 10.4. The first-order valence-electron chi connectivity index (χ1n) is 8.21. The molecule has 138 valence electrons. The van der Waals surface area contributed by atoms with Crippen LogP contribution in [0.2, 0.25) is 0 Å². The highest BCUT2D eigenvalue weighted by atomic mass is 32.2. The van der Waals surface area contributed by atoms with Crippen LogP contribution in [0.3, 0.4) is 0 Å². The van der Waals surface area contributed by atoms with Crippen LogP contribution < -0.4 is 0 Å². The first kappa shape index (κ1) is 18.4. The van der Waals surface area contributed by atoms with Gasteiger partial charge < -0.3 is 10.1 Å². The van der Waals surface area contributed by atoms with Crippen LogP contribution in [0.4, 0.5) is 0 Å². The van der Waals surface area contributed by atoms with Crippen molar-refractivity contribution in [1.82, 2.24) is 19.7 Å². The SMILES string of the molecule is N#C/C(=C(/O)CSc1nn(-c2ccccc2)c(=S)s1)c1nc2ccccc2[nH]1. The van der Waals surface area contributed by atoms with Crippen LogP contribution in [0.5, 0.6) is 0 Å². The van der Waals surface area contributed by atoms with Gasteiger partial charge >= 0.3 is 0 Å². The number of fused-ring (bicyclic) bond motifs is 1. The second-order valence-electron chi connectivity index (χ2n) is 5.71. The minimum atomic E-state index is -0.0565. The predicted octanol–water partition coefficient (Wildman–Crippen LogP) is 5.12. The standard InChI is InChI=1S/C19H13N5OS3/c20-10-13(17-21-14-8-4-5-9-15(14)22-17)16(25)11-27-18-23-24(19(26)28-18)12-6-2-1-3-7-12/h1-9,25H,11H2,(H,21,22)/b16-13-. The van der Waals surface area contributed by atoms with Gasteiger partial charge in [0.25, 0.3) is 0 Å². The van der Waals surface area contributed by atoms with Gasteiger partial charge in [-0.25, -0.2) is 9.67 Å². The number of benzene rings is 2. The lowest BCUT2D eigenvalue weighted by molar-refractivity contribution is 0.420. The first-order chi connectivity index (χ1) is 13.7. The third kappa shape index (κ3) is 3.71. The van der Waals surface area contributed by atoms with E-state index >= 15 is 0 Å². The summed E-state index contributed by atoms with van der Waals surface area (Å²) in [5, 5.41) is 24.5. The summed E-state index contributed by atoms with van der Waals surface area (Å²) in [4.78, 5) is 7.44. The molecule has 2 heterocycles. The number of H-pyrrole nitrogens is 1. The van der Waals surface area contributed by atoms with Crippen LogP contribution in [0.1, 0.15) is 5.82 Å². The molecule has 0 amide bonds. The summed E-state index contributed by atoms with van der Waals surface area (Å²) in [6, 6.07) is 19.1. The summed E-state index contributed by atoms with van der Waals surface area (Å²) in [6.45, 7) is 0. The van der Waals surface area contributed by atoms with Gasteiger partial charge in [0.05, 0.1) is 22.5 Å². The summed E-state index contributed by atoms with van der Waals surface area (Å²) >= 11 is 8.07. The largest absolute Gasteiger partial charge is 0.510 e. The molecule has 4 rings (SSSR count). The molecule has 2 N–H and O–H groups in total. The average Bonchev–Trinajstić information content (AvgIpc) is 3.31. The molecule has 0 atom stereocenters. The Hall–Kier alpha value is -2.93. The predicted molar refractivity (Wildman–Crippen MR) is 114 cm³/mol. The summed E-state index contributed by atoms with van der Waals surface area (Å²) in [6.07, 6.45) is 0. The quantitative estimate of drug-likeness (QED) is 0.200. The highest BCUT2D eigenvalue weighted by Gasteiger charge is 2.15. The number of aliphatic hydroxyl groups excluding tert-OH is 1. The van der Waals surface area contributed by atoms with E-state index in [0.29, 0.717) is 14.1 Å². The zero-order valence-electron chi connectivity index (χ0n) is 14.4. The van der Waals surface area contributed by atoms with Gasteiger partial charge in [-0.1, -0.05) is 53.4 Å². The highest BCUT2D eigenvalue weighted by molar-refractivity contribution is 8.01. The fraction of sp³-hybridized carbons (Fsp3) is 0.0526. The average molecular weight is 424 g/mol. The number of nitriles is 1. The van der Waals surface area contributed by atoms with Crippen molar-refractivity contribution in [3.8, 4) is 11.8 Å². The Bertz CT molecular complexity index is 1230. The van der Waals surface area contributed by atoms with Crippen LogP contribution in [0, 0.1) is 15.3 Å². The summed E-state index contributed by atoms with van der Waals surface area (Å²) < 4.78 is 3.02. The molecule has 4 aromatic rings. The number of nitrogens with zero attached hydrogens (tertiary/aromatic N) is 4. The van der Waals surface area contributed by atoms with Crippen molar-refractivity contribution in [1.29, 1.82) is 5.26 Å². The Balaban J connectivity index is 1.57. The van der Waals surface area contributed by atoms with Crippen molar-refractivity contribution in [3.63, 3.8) is 0 Å². The van der Waals surface area contributed by atoms with Gasteiger partial charge in [-0.3, -0.25) is 0 Å². The van der Waals surface area contributed by atoms with Gasteiger partial charge in [-0.2, -0.15) is 5.26 Å². The van der Waals surface area contributed by atoms with E-state index in [9.17, 15) is 10.4 Å². The van der Waals surface area contributed by atoms with Gasteiger partial charge in [0.1, 0.15) is 17.4 Å². The fourth-order valence-electron chi connectivity index (χ4n) is 2.58. The number of hydrogen-bond acceptors (Lipinski definition) is 7. The maximum absolute atomic E-state index is 10.5. The number of allylic oxidation sites excluding steroid dienone is 1. The molecule has 0 saturated heterocycles. The van der Waals surface area contributed by atoms with Gasteiger partial charge in [-0.15, -0.1) is 5.10 Å². The molecular weight excluding hydrogens is 410 g/mol. The van der Waals surface area contributed by atoms with E-state index in [-0.39, 0.29) is 17.1 Å². The maximum Gasteiger partial charge on any atom is 0.184 e. The van der Waals surface area contributed by atoms with E-state index in [1.54, 1.807) is 4.68 Å². The smallest absolute Gasteiger partial charge is 0.184 e. The number of thioether (sulfide) groups is 1. The van der Waals surface area contributed by atoms with Gasteiger partial charge in [0, 0.05) is 0 Å².